The number of unbranched alkanes of at least 4 members (excludes halogenated alkanes) is 1. The van der Waals surface area contributed by atoms with Crippen LogP contribution in [-0.2, 0) is 9.59 Å². The van der Waals surface area contributed by atoms with Gasteiger partial charge in [0.1, 0.15) is 0 Å². The summed E-state index contributed by atoms with van der Waals surface area (Å²) in [4.78, 5) is 27.5. The van der Waals surface area contributed by atoms with E-state index in [-0.39, 0.29) is 17.7 Å². The fraction of sp³-hybridized carbons (Fsp3) is 0.875. The summed E-state index contributed by atoms with van der Waals surface area (Å²) in [5.41, 5.74) is 0. The number of amides is 2. The Morgan fingerprint density at radius 2 is 1.76 bits per heavy atom. The minimum absolute atomic E-state index is 0.0865. The highest BCUT2D eigenvalue weighted by molar-refractivity contribution is 5.79. The van der Waals surface area contributed by atoms with E-state index in [1.54, 1.807) is 6.92 Å². The predicted molar refractivity (Wildman–Crippen MR) is 85.0 cm³/mol. The van der Waals surface area contributed by atoms with E-state index in [0.29, 0.717) is 0 Å². The number of nitrogens with one attached hydrogen (secondary N) is 1. The number of piperidine rings is 1. The van der Waals surface area contributed by atoms with Gasteiger partial charge in [-0.3, -0.25) is 9.59 Å². The van der Waals surface area contributed by atoms with Crippen LogP contribution in [0.3, 0.4) is 0 Å². The van der Waals surface area contributed by atoms with Gasteiger partial charge in [-0.2, -0.15) is 0 Å². The maximum absolute atomic E-state index is 12.1. The van der Waals surface area contributed by atoms with Crippen molar-refractivity contribution in [1.29, 1.82) is 0 Å². The molecule has 5 heteroatoms. The number of likely N-dealkylation sites (tertiary alicyclic amines) is 1. The molecular weight excluding hydrogens is 266 g/mol. The fourth-order valence-corrected chi connectivity index (χ4v) is 2.81. The Bertz CT molecular complexity index is 321. The Morgan fingerprint density at radius 3 is 2.29 bits per heavy atom. The molecular formula is C16H31N3O2. The molecule has 0 spiro atoms. The van der Waals surface area contributed by atoms with Crippen LogP contribution in [0.15, 0.2) is 0 Å². The molecule has 0 aromatic rings. The van der Waals surface area contributed by atoms with Crippen LogP contribution in [0.1, 0.15) is 46.5 Å². The van der Waals surface area contributed by atoms with E-state index in [1.165, 1.54) is 0 Å². The summed E-state index contributed by atoms with van der Waals surface area (Å²) in [6.45, 7) is 11.5. The third-order valence-corrected chi connectivity index (χ3v) is 4.41. The van der Waals surface area contributed by atoms with Gasteiger partial charge in [-0.25, -0.2) is 0 Å². The normalized spacial score (nSPS) is 16.3. The molecule has 0 saturated carbocycles. The lowest BCUT2D eigenvalue weighted by atomic mass is 9.96. The molecule has 5 nitrogen and oxygen atoms in total. The van der Waals surface area contributed by atoms with Crippen LogP contribution in [0.5, 0.6) is 0 Å². The first-order valence-electron chi connectivity index (χ1n) is 8.34. The van der Waals surface area contributed by atoms with Crippen molar-refractivity contribution in [3.63, 3.8) is 0 Å². The molecule has 0 atom stereocenters. The monoisotopic (exact) mass is 297 g/mol. The summed E-state index contributed by atoms with van der Waals surface area (Å²) in [5.74, 6) is 0.370. The molecule has 0 radical (unpaired) electrons. The summed E-state index contributed by atoms with van der Waals surface area (Å²) in [5, 5.41) is 3.05. The molecule has 1 fully saturated rings. The smallest absolute Gasteiger partial charge is 0.223 e. The van der Waals surface area contributed by atoms with Gasteiger partial charge in [0.05, 0.1) is 0 Å². The van der Waals surface area contributed by atoms with Gasteiger partial charge in [0.15, 0.2) is 0 Å². The number of carbonyl (C=O) groups excluding carboxylic acids is 2. The molecule has 1 aliphatic heterocycles. The van der Waals surface area contributed by atoms with Gasteiger partial charge >= 0.3 is 0 Å². The highest BCUT2D eigenvalue weighted by Crippen LogP contribution is 2.17. The largest absolute Gasteiger partial charge is 0.356 e. The van der Waals surface area contributed by atoms with Crippen LogP contribution < -0.4 is 5.32 Å². The first kappa shape index (κ1) is 18.0. The Hall–Kier alpha value is -1.10. The lowest BCUT2D eigenvalue weighted by Gasteiger charge is -2.30. The third kappa shape index (κ3) is 6.46. The zero-order valence-electron chi connectivity index (χ0n) is 13.9. The SMILES string of the molecule is CCN(CC)CCCCNC(=O)C1CCN(C(C)=O)CC1. The second-order valence-electron chi connectivity index (χ2n) is 5.81. The lowest BCUT2D eigenvalue weighted by Crippen LogP contribution is -2.42. The molecule has 0 aromatic heterocycles. The van der Waals surface area contributed by atoms with Gasteiger partial charge in [-0.15, -0.1) is 0 Å². The summed E-state index contributed by atoms with van der Waals surface area (Å²) in [7, 11) is 0. The van der Waals surface area contributed by atoms with Crippen molar-refractivity contribution in [2.45, 2.75) is 46.5 Å². The highest BCUT2D eigenvalue weighted by Gasteiger charge is 2.25. The van der Waals surface area contributed by atoms with E-state index < -0.39 is 0 Å². The van der Waals surface area contributed by atoms with Crippen LogP contribution in [0.25, 0.3) is 0 Å². The Labute approximate surface area is 129 Å². The first-order valence-corrected chi connectivity index (χ1v) is 8.34. The first-order chi connectivity index (χ1) is 10.1. The van der Waals surface area contributed by atoms with Gasteiger partial charge in [0.25, 0.3) is 0 Å². The van der Waals surface area contributed by atoms with Crippen molar-refractivity contribution in [1.82, 2.24) is 15.1 Å². The molecule has 0 bridgehead atoms. The number of hydrogen-bond acceptors (Lipinski definition) is 3. The Morgan fingerprint density at radius 1 is 1.14 bits per heavy atom. The average Bonchev–Trinajstić information content (AvgIpc) is 2.50. The number of rotatable bonds is 8. The van der Waals surface area contributed by atoms with Gasteiger partial charge in [-0.05, 0) is 45.3 Å². The topological polar surface area (TPSA) is 52.7 Å². The summed E-state index contributed by atoms with van der Waals surface area (Å²) in [6.07, 6.45) is 3.76. The van der Waals surface area contributed by atoms with Crippen LogP contribution >= 0.6 is 0 Å². The van der Waals surface area contributed by atoms with Crippen molar-refractivity contribution < 1.29 is 9.59 Å². The quantitative estimate of drug-likeness (QED) is 0.691. The van der Waals surface area contributed by atoms with E-state index in [2.05, 4.69) is 24.1 Å². The van der Waals surface area contributed by atoms with Crippen LogP contribution in [0.2, 0.25) is 0 Å². The highest BCUT2D eigenvalue weighted by atomic mass is 16.2. The second-order valence-corrected chi connectivity index (χ2v) is 5.81. The third-order valence-electron chi connectivity index (χ3n) is 4.41. The summed E-state index contributed by atoms with van der Waals surface area (Å²) < 4.78 is 0. The Balaban J connectivity index is 2.10. The van der Waals surface area contributed by atoms with Crippen molar-refractivity contribution in [2.24, 2.45) is 5.92 Å². The van der Waals surface area contributed by atoms with Crippen molar-refractivity contribution in [3.8, 4) is 0 Å². The fourth-order valence-electron chi connectivity index (χ4n) is 2.81. The van der Waals surface area contributed by atoms with E-state index in [1.807, 2.05) is 4.90 Å². The molecule has 0 aliphatic carbocycles. The molecule has 1 aliphatic rings. The summed E-state index contributed by atoms with van der Waals surface area (Å²) >= 11 is 0. The molecule has 2 amide bonds. The molecule has 0 unspecified atom stereocenters. The van der Waals surface area contributed by atoms with Crippen LogP contribution in [0.4, 0.5) is 0 Å². The Kier molecular flexibility index (Phi) is 8.35. The molecule has 0 aromatic carbocycles. The lowest BCUT2D eigenvalue weighted by molar-refractivity contribution is -0.133. The maximum atomic E-state index is 12.1. The van der Waals surface area contributed by atoms with Gasteiger partial charge in [-0.1, -0.05) is 13.8 Å². The predicted octanol–water partition coefficient (Wildman–Crippen LogP) is 1.48. The summed E-state index contributed by atoms with van der Waals surface area (Å²) in [6, 6.07) is 0. The number of carbonyl (C=O) groups is 2. The van der Waals surface area contributed by atoms with Gasteiger partial charge in [0, 0.05) is 32.5 Å². The zero-order chi connectivity index (χ0) is 15.7. The van der Waals surface area contributed by atoms with E-state index >= 15 is 0 Å². The van der Waals surface area contributed by atoms with Crippen LogP contribution in [-0.4, -0.2) is 60.9 Å². The minimum Gasteiger partial charge on any atom is -0.356 e. The molecule has 1 saturated heterocycles. The molecule has 1 heterocycles. The number of nitrogens with zero attached hydrogens (tertiary/aromatic N) is 2. The van der Waals surface area contributed by atoms with Gasteiger partial charge in [0.2, 0.25) is 11.8 Å². The van der Waals surface area contributed by atoms with Crippen LogP contribution in [0, 0.1) is 5.92 Å². The van der Waals surface area contributed by atoms with Crippen molar-refractivity contribution in [2.75, 3.05) is 39.3 Å². The minimum atomic E-state index is 0.0865. The average molecular weight is 297 g/mol. The zero-order valence-corrected chi connectivity index (χ0v) is 13.9. The van der Waals surface area contributed by atoms with E-state index in [9.17, 15) is 9.59 Å². The van der Waals surface area contributed by atoms with E-state index in [0.717, 1.165) is 65.0 Å². The standard InChI is InChI=1S/C16H31N3O2/c1-4-18(5-2)11-7-6-10-17-16(21)15-8-12-19(13-9-15)14(3)20/h15H,4-13H2,1-3H3,(H,17,21). The molecule has 1 N–H and O–H groups in total. The molecule has 1 rings (SSSR count). The maximum Gasteiger partial charge on any atom is 0.223 e. The van der Waals surface area contributed by atoms with E-state index in [4.69, 9.17) is 0 Å². The number of hydrogen-bond donors (Lipinski definition) is 1. The van der Waals surface area contributed by atoms with Crippen molar-refractivity contribution in [3.05, 3.63) is 0 Å². The van der Waals surface area contributed by atoms with Gasteiger partial charge < -0.3 is 15.1 Å². The second kappa shape index (κ2) is 9.77. The van der Waals surface area contributed by atoms with Crippen molar-refractivity contribution >= 4 is 11.8 Å². The molecule has 122 valence electrons. The molecule has 21 heavy (non-hydrogen) atoms.